The molecule has 16 heavy (non-hydrogen) atoms. The molecular weight excluding hydrogens is 202 g/mol. The average molecular weight is 215 g/mol. The van der Waals surface area contributed by atoms with E-state index in [0.717, 1.165) is 24.4 Å². The van der Waals surface area contributed by atoms with Gasteiger partial charge < -0.3 is 9.84 Å². The normalized spacial score (nSPS) is 20.1. The van der Waals surface area contributed by atoms with E-state index in [1.165, 1.54) is 6.42 Å². The fraction of sp³-hybridized carbons (Fsp3) is 0.333. The maximum atomic E-state index is 5.26. The number of benzene rings is 1. The van der Waals surface area contributed by atoms with Gasteiger partial charge in [0.1, 0.15) is 0 Å². The van der Waals surface area contributed by atoms with Crippen LogP contribution in [0.25, 0.3) is 11.5 Å². The Morgan fingerprint density at radius 1 is 1.25 bits per heavy atom. The van der Waals surface area contributed by atoms with Gasteiger partial charge in [-0.2, -0.15) is 4.98 Å². The molecule has 1 saturated heterocycles. The molecule has 1 atom stereocenters. The highest BCUT2D eigenvalue weighted by atomic mass is 16.5. The molecule has 1 aliphatic heterocycles. The molecule has 0 amide bonds. The molecule has 1 N–H and O–H groups in total. The molecule has 0 unspecified atom stereocenters. The standard InChI is InChI=1S/C12H13N3O/c1-2-5-9(6-3-1)12-14-11(15-16-12)10-7-4-8-13-10/h1-3,5-6,10,13H,4,7-8H2/t10-/m1/s1. The Bertz CT molecular complexity index is 460. The van der Waals surface area contributed by atoms with E-state index in [-0.39, 0.29) is 6.04 Å². The van der Waals surface area contributed by atoms with Crippen LogP contribution in [0.15, 0.2) is 34.9 Å². The molecule has 1 aliphatic rings. The van der Waals surface area contributed by atoms with Crippen LogP contribution in [0.1, 0.15) is 24.7 Å². The number of hydrogen-bond donors (Lipinski definition) is 1. The third-order valence-electron chi connectivity index (χ3n) is 2.83. The summed E-state index contributed by atoms with van der Waals surface area (Å²) in [5.74, 6) is 1.38. The number of nitrogens with one attached hydrogen (secondary N) is 1. The van der Waals surface area contributed by atoms with E-state index in [0.29, 0.717) is 5.89 Å². The van der Waals surface area contributed by atoms with Gasteiger partial charge in [0.05, 0.1) is 6.04 Å². The minimum atomic E-state index is 0.265. The van der Waals surface area contributed by atoms with Crippen molar-refractivity contribution in [3.05, 3.63) is 36.2 Å². The lowest BCUT2D eigenvalue weighted by molar-refractivity contribution is 0.412. The van der Waals surface area contributed by atoms with Gasteiger partial charge in [0, 0.05) is 5.56 Å². The van der Waals surface area contributed by atoms with Gasteiger partial charge in [0.15, 0.2) is 5.82 Å². The van der Waals surface area contributed by atoms with Gasteiger partial charge in [-0.05, 0) is 31.5 Å². The van der Waals surface area contributed by atoms with Crippen molar-refractivity contribution in [1.82, 2.24) is 15.5 Å². The summed E-state index contributed by atoms with van der Waals surface area (Å²) in [6, 6.07) is 10.1. The molecule has 82 valence electrons. The molecule has 0 bridgehead atoms. The predicted molar refractivity (Wildman–Crippen MR) is 59.7 cm³/mol. The first kappa shape index (κ1) is 9.54. The molecule has 0 spiro atoms. The van der Waals surface area contributed by atoms with E-state index in [4.69, 9.17) is 4.52 Å². The van der Waals surface area contributed by atoms with E-state index in [1.807, 2.05) is 30.3 Å². The van der Waals surface area contributed by atoms with Crippen molar-refractivity contribution in [2.75, 3.05) is 6.54 Å². The van der Waals surface area contributed by atoms with E-state index < -0.39 is 0 Å². The summed E-state index contributed by atoms with van der Waals surface area (Å²) < 4.78 is 5.26. The van der Waals surface area contributed by atoms with Crippen molar-refractivity contribution in [3.63, 3.8) is 0 Å². The first-order valence-electron chi connectivity index (χ1n) is 5.56. The molecule has 1 aromatic heterocycles. The highest BCUT2D eigenvalue weighted by Crippen LogP contribution is 2.23. The Morgan fingerprint density at radius 3 is 2.88 bits per heavy atom. The summed E-state index contributed by atoms with van der Waals surface area (Å²) in [5, 5.41) is 7.38. The lowest BCUT2D eigenvalue weighted by Gasteiger charge is -2.01. The second-order valence-corrected chi connectivity index (χ2v) is 3.97. The summed E-state index contributed by atoms with van der Waals surface area (Å²) in [7, 11) is 0. The van der Waals surface area contributed by atoms with Crippen LogP contribution in [0.3, 0.4) is 0 Å². The van der Waals surface area contributed by atoms with Crippen LogP contribution in [-0.4, -0.2) is 16.7 Å². The number of rotatable bonds is 2. The Labute approximate surface area is 93.7 Å². The lowest BCUT2D eigenvalue weighted by atomic mass is 10.2. The maximum Gasteiger partial charge on any atom is 0.257 e. The molecule has 2 heterocycles. The van der Waals surface area contributed by atoms with Crippen LogP contribution >= 0.6 is 0 Å². The quantitative estimate of drug-likeness (QED) is 0.834. The van der Waals surface area contributed by atoms with Crippen LogP contribution in [0.4, 0.5) is 0 Å². The highest BCUT2D eigenvalue weighted by Gasteiger charge is 2.21. The van der Waals surface area contributed by atoms with Gasteiger partial charge in [0.2, 0.25) is 0 Å². The Hall–Kier alpha value is -1.68. The molecule has 1 fully saturated rings. The number of aromatic nitrogens is 2. The summed E-state index contributed by atoms with van der Waals surface area (Å²) in [5.41, 5.74) is 0.972. The van der Waals surface area contributed by atoms with Crippen LogP contribution in [-0.2, 0) is 0 Å². The highest BCUT2D eigenvalue weighted by molar-refractivity contribution is 5.52. The number of hydrogen-bond acceptors (Lipinski definition) is 4. The maximum absolute atomic E-state index is 5.26. The smallest absolute Gasteiger partial charge is 0.257 e. The summed E-state index contributed by atoms with van der Waals surface area (Å²) in [4.78, 5) is 4.42. The molecule has 1 aromatic carbocycles. The van der Waals surface area contributed by atoms with Crippen LogP contribution < -0.4 is 5.32 Å². The SMILES string of the molecule is c1ccc(-c2nc([C@H]3CCCN3)no2)cc1. The second kappa shape index (κ2) is 4.06. The first-order valence-corrected chi connectivity index (χ1v) is 5.56. The number of nitrogens with zero attached hydrogens (tertiary/aromatic N) is 2. The molecule has 4 heteroatoms. The molecule has 4 nitrogen and oxygen atoms in total. The molecule has 2 aromatic rings. The van der Waals surface area contributed by atoms with Crippen LogP contribution in [0.5, 0.6) is 0 Å². The summed E-state index contributed by atoms with van der Waals surface area (Å²) in [6.07, 6.45) is 2.27. The Kier molecular flexibility index (Phi) is 2.42. The van der Waals surface area contributed by atoms with Crippen molar-refractivity contribution in [2.45, 2.75) is 18.9 Å². The van der Waals surface area contributed by atoms with E-state index >= 15 is 0 Å². The second-order valence-electron chi connectivity index (χ2n) is 3.97. The molecule has 0 aliphatic carbocycles. The van der Waals surface area contributed by atoms with Gasteiger partial charge in [0.25, 0.3) is 5.89 Å². The monoisotopic (exact) mass is 215 g/mol. The Balaban J connectivity index is 1.87. The molecular formula is C12H13N3O. The van der Waals surface area contributed by atoms with Gasteiger partial charge >= 0.3 is 0 Å². The van der Waals surface area contributed by atoms with Crippen LogP contribution in [0, 0.1) is 0 Å². The zero-order valence-corrected chi connectivity index (χ0v) is 8.89. The summed E-state index contributed by atoms with van der Waals surface area (Å²) >= 11 is 0. The minimum absolute atomic E-state index is 0.265. The zero-order valence-electron chi connectivity index (χ0n) is 8.89. The van der Waals surface area contributed by atoms with Crippen molar-refractivity contribution < 1.29 is 4.52 Å². The van der Waals surface area contributed by atoms with E-state index in [9.17, 15) is 0 Å². The Morgan fingerprint density at radius 2 is 2.12 bits per heavy atom. The first-order chi connectivity index (χ1) is 7.93. The fourth-order valence-electron chi connectivity index (χ4n) is 1.98. The van der Waals surface area contributed by atoms with Gasteiger partial charge in [-0.1, -0.05) is 23.4 Å². The van der Waals surface area contributed by atoms with E-state index in [2.05, 4.69) is 15.5 Å². The minimum Gasteiger partial charge on any atom is -0.334 e. The average Bonchev–Trinajstić information content (AvgIpc) is 3.01. The third kappa shape index (κ3) is 1.72. The van der Waals surface area contributed by atoms with Gasteiger partial charge in [-0.25, -0.2) is 0 Å². The fourth-order valence-corrected chi connectivity index (χ4v) is 1.98. The molecule has 0 radical (unpaired) electrons. The lowest BCUT2D eigenvalue weighted by Crippen LogP contribution is -2.14. The zero-order chi connectivity index (χ0) is 10.8. The van der Waals surface area contributed by atoms with Gasteiger partial charge in [-0.15, -0.1) is 0 Å². The summed E-state index contributed by atoms with van der Waals surface area (Å²) in [6.45, 7) is 1.04. The van der Waals surface area contributed by atoms with Crippen LogP contribution in [0.2, 0.25) is 0 Å². The largest absolute Gasteiger partial charge is 0.334 e. The van der Waals surface area contributed by atoms with Crippen molar-refractivity contribution in [1.29, 1.82) is 0 Å². The topological polar surface area (TPSA) is 51.0 Å². The predicted octanol–water partition coefficient (Wildman–Crippen LogP) is 2.16. The van der Waals surface area contributed by atoms with Crippen molar-refractivity contribution >= 4 is 0 Å². The van der Waals surface area contributed by atoms with Crippen molar-refractivity contribution in [3.8, 4) is 11.5 Å². The molecule has 0 saturated carbocycles. The van der Waals surface area contributed by atoms with Crippen molar-refractivity contribution in [2.24, 2.45) is 0 Å². The third-order valence-corrected chi connectivity index (χ3v) is 2.83. The van der Waals surface area contributed by atoms with Gasteiger partial charge in [-0.3, -0.25) is 0 Å². The molecule has 3 rings (SSSR count). The van der Waals surface area contributed by atoms with E-state index in [1.54, 1.807) is 0 Å².